The Hall–Kier alpha value is -2.50. The zero-order valence-electron chi connectivity index (χ0n) is 15.4. The van der Waals surface area contributed by atoms with E-state index in [1.54, 1.807) is 6.92 Å². The molecule has 5 nitrogen and oxygen atoms in total. The molecule has 1 aromatic carbocycles. The molecule has 0 saturated heterocycles. The van der Waals surface area contributed by atoms with E-state index in [0.717, 1.165) is 22.8 Å². The molecule has 0 radical (unpaired) electrons. The van der Waals surface area contributed by atoms with Gasteiger partial charge >= 0.3 is 12.4 Å². The number of aromatic nitrogens is 1. The molecule has 12 heteroatoms. The van der Waals surface area contributed by atoms with Crippen molar-refractivity contribution in [2.24, 2.45) is 4.99 Å². The van der Waals surface area contributed by atoms with Crippen molar-refractivity contribution in [3.8, 4) is 5.75 Å². The van der Waals surface area contributed by atoms with Crippen molar-refractivity contribution in [3.63, 3.8) is 0 Å². The summed E-state index contributed by atoms with van der Waals surface area (Å²) in [5.41, 5.74) is -1.93. The number of methoxy groups -OCH3 is 1. The summed E-state index contributed by atoms with van der Waals surface area (Å²) in [6.45, 7) is 1.81. The van der Waals surface area contributed by atoms with Crippen LogP contribution < -0.4 is 15.4 Å². The molecule has 0 unspecified atom stereocenters. The Balaban J connectivity index is 2.14. The van der Waals surface area contributed by atoms with Gasteiger partial charge in [-0.05, 0) is 24.6 Å². The molecule has 160 valence electrons. The topological polar surface area (TPSA) is 58.5 Å². The lowest BCUT2D eigenvalue weighted by Crippen LogP contribution is -2.36. The van der Waals surface area contributed by atoms with Crippen LogP contribution in [0.1, 0.15) is 28.8 Å². The molecule has 0 saturated carbocycles. The van der Waals surface area contributed by atoms with Crippen LogP contribution in [0.25, 0.3) is 0 Å². The SMILES string of the molecule is CCNC(=NCc1ccc(OC)cc1C(F)(F)F)NCc1nc(C(F)(F)F)cs1. The Kier molecular flexibility index (Phi) is 7.33. The maximum Gasteiger partial charge on any atom is 0.434 e. The zero-order valence-corrected chi connectivity index (χ0v) is 16.2. The Labute approximate surface area is 166 Å². The molecule has 0 amide bonds. The summed E-state index contributed by atoms with van der Waals surface area (Å²) in [4.78, 5) is 7.58. The molecule has 2 aromatic rings. The highest BCUT2D eigenvalue weighted by Crippen LogP contribution is 2.34. The molecule has 0 aliphatic heterocycles. The maximum absolute atomic E-state index is 13.3. The number of benzene rings is 1. The van der Waals surface area contributed by atoms with E-state index < -0.39 is 23.6 Å². The summed E-state index contributed by atoms with van der Waals surface area (Å²) in [6.07, 6.45) is -9.12. The maximum atomic E-state index is 13.3. The monoisotopic (exact) mass is 440 g/mol. The minimum absolute atomic E-state index is 0.0542. The van der Waals surface area contributed by atoms with Gasteiger partial charge < -0.3 is 15.4 Å². The summed E-state index contributed by atoms with van der Waals surface area (Å²) in [5.74, 6) is 0.222. The van der Waals surface area contributed by atoms with Crippen molar-refractivity contribution in [2.75, 3.05) is 13.7 Å². The highest BCUT2D eigenvalue weighted by Gasteiger charge is 2.34. The Morgan fingerprint density at radius 2 is 1.86 bits per heavy atom. The summed E-state index contributed by atoms with van der Waals surface area (Å²) in [6, 6.07) is 3.55. The molecular formula is C17H18F6N4OS. The normalized spacial score (nSPS) is 12.8. The predicted octanol–water partition coefficient (Wildman–Crippen LogP) is 4.44. The van der Waals surface area contributed by atoms with E-state index in [2.05, 4.69) is 20.6 Å². The third kappa shape index (κ3) is 6.51. The summed E-state index contributed by atoms with van der Waals surface area (Å²) >= 11 is 0.822. The van der Waals surface area contributed by atoms with Gasteiger partial charge in [0.15, 0.2) is 11.7 Å². The third-order valence-electron chi connectivity index (χ3n) is 3.62. The van der Waals surface area contributed by atoms with E-state index in [9.17, 15) is 26.3 Å². The van der Waals surface area contributed by atoms with Gasteiger partial charge in [0, 0.05) is 11.9 Å². The molecule has 1 heterocycles. The first-order chi connectivity index (χ1) is 13.5. The number of halogens is 6. The lowest BCUT2D eigenvalue weighted by Gasteiger charge is -2.14. The summed E-state index contributed by atoms with van der Waals surface area (Å²) in [7, 11) is 1.27. The molecule has 0 aliphatic carbocycles. The van der Waals surface area contributed by atoms with E-state index in [0.29, 0.717) is 6.54 Å². The van der Waals surface area contributed by atoms with Gasteiger partial charge in [0.2, 0.25) is 0 Å². The molecular weight excluding hydrogens is 422 g/mol. The number of hydrogen-bond donors (Lipinski definition) is 2. The molecule has 2 rings (SSSR count). The van der Waals surface area contributed by atoms with Crippen LogP contribution in [-0.2, 0) is 25.4 Å². The van der Waals surface area contributed by atoms with E-state index in [-0.39, 0.29) is 35.4 Å². The number of alkyl halides is 6. The number of rotatable bonds is 6. The number of thiazole rings is 1. The standard InChI is InChI=1S/C17H18F6N4OS/c1-3-24-15(26-8-14-27-13(9-29-14)17(21,22)23)25-7-10-4-5-11(28-2)6-12(10)16(18,19)20/h4-6,9H,3,7-8H2,1-2H3,(H2,24,25,26). The van der Waals surface area contributed by atoms with Gasteiger partial charge in [-0.2, -0.15) is 26.3 Å². The van der Waals surface area contributed by atoms with Crippen LogP contribution in [0, 0.1) is 0 Å². The van der Waals surface area contributed by atoms with E-state index in [4.69, 9.17) is 4.74 Å². The van der Waals surface area contributed by atoms with Crippen molar-refractivity contribution >= 4 is 17.3 Å². The lowest BCUT2D eigenvalue weighted by atomic mass is 10.1. The fourth-order valence-corrected chi connectivity index (χ4v) is 3.01. The smallest absolute Gasteiger partial charge is 0.434 e. The number of nitrogens with one attached hydrogen (secondary N) is 2. The summed E-state index contributed by atoms with van der Waals surface area (Å²) < 4.78 is 82.5. The average molecular weight is 440 g/mol. The predicted molar refractivity (Wildman–Crippen MR) is 96.8 cm³/mol. The molecule has 29 heavy (non-hydrogen) atoms. The van der Waals surface area contributed by atoms with E-state index in [1.807, 2.05) is 0 Å². The van der Waals surface area contributed by atoms with Crippen LogP contribution >= 0.6 is 11.3 Å². The van der Waals surface area contributed by atoms with E-state index in [1.165, 1.54) is 19.2 Å². The Morgan fingerprint density at radius 3 is 2.41 bits per heavy atom. The van der Waals surface area contributed by atoms with Crippen molar-refractivity contribution < 1.29 is 31.1 Å². The first kappa shape index (κ1) is 22.8. The quantitative estimate of drug-likeness (QED) is 0.396. The minimum Gasteiger partial charge on any atom is -0.497 e. The first-order valence-corrected chi connectivity index (χ1v) is 9.20. The second kappa shape index (κ2) is 9.33. The van der Waals surface area contributed by atoms with Crippen molar-refractivity contribution in [2.45, 2.75) is 32.4 Å². The second-order valence-electron chi connectivity index (χ2n) is 5.69. The van der Waals surface area contributed by atoms with Crippen molar-refractivity contribution in [3.05, 3.63) is 45.4 Å². The van der Waals surface area contributed by atoms with Crippen LogP contribution in [0.5, 0.6) is 5.75 Å². The number of ether oxygens (including phenoxy) is 1. The van der Waals surface area contributed by atoms with E-state index >= 15 is 0 Å². The second-order valence-corrected chi connectivity index (χ2v) is 6.64. The van der Waals surface area contributed by atoms with Crippen molar-refractivity contribution in [1.29, 1.82) is 0 Å². The highest BCUT2D eigenvalue weighted by atomic mass is 32.1. The largest absolute Gasteiger partial charge is 0.497 e. The fourth-order valence-electron chi connectivity index (χ4n) is 2.27. The fraction of sp³-hybridized carbons (Fsp3) is 0.412. The molecule has 0 aliphatic rings. The van der Waals surface area contributed by atoms with Gasteiger partial charge in [-0.1, -0.05) is 6.07 Å². The van der Waals surface area contributed by atoms with Gasteiger partial charge in [0.05, 0.1) is 25.8 Å². The van der Waals surface area contributed by atoms with Crippen molar-refractivity contribution in [1.82, 2.24) is 15.6 Å². The van der Waals surface area contributed by atoms with Crippen LogP contribution in [0.3, 0.4) is 0 Å². The molecule has 2 N–H and O–H groups in total. The lowest BCUT2D eigenvalue weighted by molar-refractivity contribution is -0.141. The molecule has 0 bridgehead atoms. The first-order valence-electron chi connectivity index (χ1n) is 8.32. The van der Waals surface area contributed by atoms with Crippen LogP contribution in [0.15, 0.2) is 28.6 Å². The van der Waals surface area contributed by atoms with Crippen LogP contribution in [0.4, 0.5) is 26.3 Å². The zero-order chi connectivity index (χ0) is 21.7. The molecule has 1 aromatic heterocycles. The minimum atomic E-state index is -4.58. The van der Waals surface area contributed by atoms with Gasteiger partial charge in [0.1, 0.15) is 10.8 Å². The third-order valence-corrected chi connectivity index (χ3v) is 4.47. The van der Waals surface area contributed by atoms with Gasteiger partial charge in [-0.25, -0.2) is 9.98 Å². The molecule has 0 atom stereocenters. The Morgan fingerprint density at radius 1 is 1.14 bits per heavy atom. The number of nitrogens with zero attached hydrogens (tertiary/aromatic N) is 2. The number of aliphatic imine (C=N–C) groups is 1. The van der Waals surface area contributed by atoms with Crippen LogP contribution in [0.2, 0.25) is 0 Å². The highest BCUT2D eigenvalue weighted by molar-refractivity contribution is 7.09. The summed E-state index contributed by atoms with van der Waals surface area (Å²) in [5, 5.41) is 6.66. The molecule has 0 fully saturated rings. The Bertz CT molecular complexity index is 847. The van der Waals surface area contributed by atoms with Crippen LogP contribution in [-0.4, -0.2) is 24.6 Å². The van der Waals surface area contributed by atoms with Gasteiger partial charge in [-0.3, -0.25) is 0 Å². The van der Waals surface area contributed by atoms with Gasteiger partial charge in [0.25, 0.3) is 0 Å². The number of hydrogen-bond acceptors (Lipinski definition) is 4. The number of guanidine groups is 1. The van der Waals surface area contributed by atoms with Gasteiger partial charge in [-0.15, -0.1) is 11.3 Å². The average Bonchev–Trinajstić information content (AvgIpc) is 3.12. The molecule has 0 spiro atoms.